The number of hydrogen-bond donors (Lipinski definition) is 0. The Morgan fingerprint density at radius 1 is 1.45 bits per heavy atom. The van der Waals surface area contributed by atoms with Gasteiger partial charge in [0.25, 0.3) is 0 Å². The van der Waals surface area contributed by atoms with Crippen LogP contribution >= 0.6 is 0 Å². The Morgan fingerprint density at radius 2 is 2.20 bits per heavy atom. The van der Waals surface area contributed by atoms with Gasteiger partial charge in [0.15, 0.2) is 0 Å². The summed E-state index contributed by atoms with van der Waals surface area (Å²) in [4.78, 5) is 13.7. The highest BCUT2D eigenvalue weighted by Crippen LogP contribution is 2.24. The molecule has 1 aliphatic heterocycles. The molecule has 4 heteroatoms. The Labute approximate surface area is 120 Å². The Balaban J connectivity index is 1.85. The molecule has 0 bridgehead atoms. The highest BCUT2D eigenvalue weighted by Gasteiger charge is 2.30. The summed E-state index contributed by atoms with van der Waals surface area (Å²) in [6.45, 7) is 6.14. The van der Waals surface area contributed by atoms with Crippen molar-refractivity contribution < 1.29 is 9.53 Å². The fourth-order valence-corrected chi connectivity index (χ4v) is 2.42. The van der Waals surface area contributed by atoms with E-state index in [1.54, 1.807) is 12.1 Å². The molecule has 1 fully saturated rings. The van der Waals surface area contributed by atoms with Crippen molar-refractivity contribution >= 4 is 5.91 Å². The molecule has 1 aliphatic rings. The van der Waals surface area contributed by atoms with Gasteiger partial charge in [0.05, 0.1) is 12.1 Å². The van der Waals surface area contributed by atoms with E-state index in [1.807, 2.05) is 17.0 Å². The maximum atomic E-state index is 11.9. The number of para-hydroxylation sites is 1. The molecule has 1 aromatic rings. The van der Waals surface area contributed by atoms with Crippen molar-refractivity contribution in [2.45, 2.75) is 20.3 Å². The summed E-state index contributed by atoms with van der Waals surface area (Å²) in [6, 6.07) is 9.25. The molecule has 0 aliphatic carbocycles. The van der Waals surface area contributed by atoms with Crippen LogP contribution in [0.1, 0.15) is 25.8 Å². The lowest BCUT2D eigenvalue weighted by molar-refractivity contribution is -0.128. The van der Waals surface area contributed by atoms with E-state index in [4.69, 9.17) is 10.00 Å². The first-order valence-corrected chi connectivity index (χ1v) is 7.01. The molecular formula is C16H20N2O2. The van der Waals surface area contributed by atoms with Gasteiger partial charge in [-0.15, -0.1) is 0 Å². The third-order valence-corrected chi connectivity index (χ3v) is 3.81. The molecule has 1 aromatic carbocycles. The summed E-state index contributed by atoms with van der Waals surface area (Å²) in [5.74, 6) is 1.78. The van der Waals surface area contributed by atoms with Crippen molar-refractivity contribution in [2.75, 3.05) is 19.7 Å². The predicted octanol–water partition coefficient (Wildman–Crippen LogP) is 2.44. The Hall–Kier alpha value is -2.02. The third kappa shape index (κ3) is 3.30. The van der Waals surface area contributed by atoms with Crippen LogP contribution in [0.2, 0.25) is 0 Å². The Kier molecular flexibility index (Phi) is 4.62. The van der Waals surface area contributed by atoms with E-state index in [9.17, 15) is 4.79 Å². The molecule has 1 amide bonds. The number of amides is 1. The number of ether oxygens (including phenoxy) is 1. The predicted molar refractivity (Wildman–Crippen MR) is 76.2 cm³/mol. The Morgan fingerprint density at radius 3 is 2.85 bits per heavy atom. The topological polar surface area (TPSA) is 53.3 Å². The first-order valence-electron chi connectivity index (χ1n) is 7.01. The maximum absolute atomic E-state index is 11.9. The summed E-state index contributed by atoms with van der Waals surface area (Å²) >= 11 is 0. The SMILES string of the molecule is CC(C)C1CC(=O)N(CCOc2ccccc2C#N)C1. The zero-order valence-electron chi connectivity index (χ0n) is 12.0. The molecule has 1 heterocycles. The zero-order chi connectivity index (χ0) is 14.5. The lowest BCUT2D eigenvalue weighted by atomic mass is 9.95. The molecular weight excluding hydrogens is 252 g/mol. The van der Waals surface area contributed by atoms with E-state index in [1.165, 1.54) is 0 Å². The number of hydrogen-bond acceptors (Lipinski definition) is 3. The maximum Gasteiger partial charge on any atom is 0.223 e. The molecule has 0 saturated carbocycles. The summed E-state index contributed by atoms with van der Waals surface area (Å²) in [5.41, 5.74) is 0.528. The number of nitriles is 1. The van der Waals surface area contributed by atoms with E-state index in [-0.39, 0.29) is 5.91 Å². The first kappa shape index (κ1) is 14.4. The van der Waals surface area contributed by atoms with E-state index in [0.29, 0.717) is 42.7 Å². The lowest BCUT2D eigenvalue weighted by Gasteiger charge is -2.18. The molecule has 0 spiro atoms. The third-order valence-electron chi connectivity index (χ3n) is 3.81. The van der Waals surface area contributed by atoms with Gasteiger partial charge in [-0.3, -0.25) is 4.79 Å². The van der Waals surface area contributed by atoms with Crippen LogP contribution in [0.5, 0.6) is 5.75 Å². The van der Waals surface area contributed by atoms with Crippen LogP contribution in [0.3, 0.4) is 0 Å². The summed E-state index contributed by atoms with van der Waals surface area (Å²) in [6.07, 6.45) is 0.645. The molecule has 0 aromatic heterocycles. The van der Waals surface area contributed by atoms with Gasteiger partial charge in [-0.05, 0) is 24.0 Å². The van der Waals surface area contributed by atoms with E-state index in [0.717, 1.165) is 6.54 Å². The summed E-state index contributed by atoms with van der Waals surface area (Å²) < 4.78 is 5.62. The summed E-state index contributed by atoms with van der Waals surface area (Å²) in [5, 5.41) is 8.97. The highest BCUT2D eigenvalue weighted by atomic mass is 16.5. The van der Waals surface area contributed by atoms with Crippen molar-refractivity contribution in [1.29, 1.82) is 5.26 Å². The average molecular weight is 272 g/mol. The van der Waals surface area contributed by atoms with E-state index >= 15 is 0 Å². The van der Waals surface area contributed by atoms with Gasteiger partial charge in [-0.1, -0.05) is 26.0 Å². The molecule has 20 heavy (non-hydrogen) atoms. The standard InChI is InChI=1S/C16H20N2O2/c1-12(2)14-9-16(19)18(11-14)7-8-20-15-6-4-3-5-13(15)10-17/h3-6,12,14H,7-9,11H2,1-2H3. The normalized spacial score (nSPS) is 18.4. The zero-order valence-corrected chi connectivity index (χ0v) is 12.0. The number of benzene rings is 1. The molecule has 106 valence electrons. The van der Waals surface area contributed by atoms with Gasteiger partial charge in [0.2, 0.25) is 5.91 Å². The largest absolute Gasteiger partial charge is 0.490 e. The van der Waals surface area contributed by atoms with Crippen molar-refractivity contribution in [3.05, 3.63) is 29.8 Å². The second kappa shape index (κ2) is 6.42. The van der Waals surface area contributed by atoms with Gasteiger partial charge in [-0.25, -0.2) is 0 Å². The van der Waals surface area contributed by atoms with Gasteiger partial charge in [-0.2, -0.15) is 5.26 Å². The quantitative estimate of drug-likeness (QED) is 0.827. The number of carbonyl (C=O) groups excluding carboxylic acids is 1. The second-order valence-electron chi connectivity index (χ2n) is 5.50. The van der Waals surface area contributed by atoms with Crippen molar-refractivity contribution in [2.24, 2.45) is 11.8 Å². The lowest BCUT2D eigenvalue weighted by Crippen LogP contribution is -2.30. The number of likely N-dealkylation sites (tertiary alicyclic amines) is 1. The van der Waals surface area contributed by atoms with Crippen LogP contribution in [0.25, 0.3) is 0 Å². The minimum Gasteiger partial charge on any atom is -0.490 e. The monoisotopic (exact) mass is 272 g/mol. The molecule has 0 N–H and O–H groups in total. The average Bonchev–Trinajstić information content (AvgIpc) is 2.81. The van der Waals surface area contributed by atoms with Crippen LogP contribution in [-0.4, -0.2) is 30.5 Å². The van der Waals surface area contributed by atoms with Gasteiger partial charge in [0, 0.05) is 13.0 Å². The van der Waals surface area contributed by atoms with Crippen LogP contribution in [0, 0.1) is 23.2 Å². The number of nitrogens with zero attached hydrogens (tertiary/aromatic N) is 2. The smallest absolute Gasteiger partial charge is 0.223 e. The van der Waals surface area contributed by atoms with Gasteiger partial charge in [0.1, 0.15) is 18.4 Å². The first-order chi connectivity index (χ1) is 9.61. The molecule has 0 radical (unpaired) electrons. The highest BCUT2D eigenvalue weighted by molar-refractivity contribution is 5.78. The van der Waals surface area contributed by atoms with Crippen LogP contribution in [0.4, 0.5) is 0 Å². The number of rotatable bonds is 5. The van der Waals surface area contributed by atoms with Gasteiger partial charge >= 0.3 is 0 Å². The van der Waals surface area contributed by atoms with Crippen molar-refractivity contribution in [3.63, 3.8) is 0 Å². The molecule has 1 atom stereocenters. The van der Waals surface area contributed by atoms with Crippen molar-refractivity contribution in [3.8, 4) is 11.8 Å². The fraction of sp³-hybridized carbons (Fsp3) is 0.500. The van der Waals surface area contributed by atoms with Crippen LogP contribution < -0.4 is 4.74 Å². The molecule has 1 saturated heterocycles. The van der Waals surface area contributed by atoms with E-state index < -0.39 is 0 Å². The molecule has 4 nitrogen and oxygen atoms in total. The fourth-order valence-electron chi connectivity index (χ4n) is 2.42. The molecule has 2 rings (SSSR count). The molecule has 1 unspecified atom stereocenters. The minimum atomic E-state index is 0.209. The van der Waals surface area contributed by atoms with E-state index in [2.05, 4.69) is 19.9 Å². The van der Waals surface area contributed by atoms with Gasteiger partial charge < -0.3 is 9.64 Å². The van der Waals surface area contributed by atoms with Crippen molar-refractivity contribution in [1.82, 2.24) is 4.90 Å². The number of carbonyl (C=O) groups is 1. The second-order valence-corrected chi connectivity index (χ2v) is 5.50. The van der Waals surface area contributed by atoms with Crippen LogP contribution in [0.15, 0.2) is 24.3 Å². The summed E-state index contributed by atoms with van der Waals surface area (Å²) in [7, 11) is 0. The minimum absolute atomic E-state index is 0.209. The van der Waals surface area contributed by atoms with Crippen LogP contribution in [-0.2, 0) is 4.79 Å². The Bertz CT molecular complexity index is 519.